The fraction of sp³-hybridized carbons (Fsp3) is 0.333. The molecule has 1 rings (SSSR count). The molecule has 15 heavy (non-hydrogen) atoms. The maximum Gasteiger partial charge on any atom is 0.149 e. The first kappa shape index (κ1) is 11.4. The summed E-state index contributed by atoms with van der Waals surface area (Å²) in [6, 6.07) is 5.58. The quantitative estimate of drug-likeness (QED) is 0.758. The van der Waals surface area contributed by atoms with Crippen LogP contribution in [0.1, 0.15) is 12.5 Å². The van der Waals surface area contributed by atoms with Gasteiger partial charge in [-0.15, -0.1) is 5.92 Å². The molecule has 1 aromatic rings. The lowest BCUT2D eigenvalue weighted by molar-refractivity contribution is 0.359. The summed E-state index contributed by atoms with van der Waals surface area (Å²) in [6.07, 6.45) is 0. The Morgan fingerprint density at radius 1 is 1.40 bits per heavy atom. The summed E-state index contributed by atoms with van der Waals surface area (Å²) in [5.41, 5.74) is 6.54. The molecule has 0 aromatic heterocycles. The highest BCUT2D eigenvalue weighted by Gasteiger charge is 2.03. The lowest BCUT2D eigenvalue weighted by Crippen LogP contribution is -2.03. The van der Waals surface area contributed by atoms with E-state index < -0.39 is 0 Å². The number of methoxy groups -OCH3 is 1. The molecule has 0 amide bonds. The molecule has 0 bridgehead atoms. The van der Waals surface area contributed by atoms with Crippen LogP contribution in [0.15, 0.2) is 18.2 Å². The van der Waals surface area contributed by atoms with Crippen molar-refractivity contribution in [3.63, 3.8) is 0 Å². The number of benzene rings is 1. The summed E-state index contributed by atoms with van der Waals surface area (Å²) >= 11 is 0. The molecule has 0 aliphatic heterocycles. The minimum absolute atomic E-state index is 0.372. The Morgan fingerprint density at radius 2 is 2.20 bits per heavy atom. The number of hydrogen-bond donors (Lipinski definition) is 1. The minimum Gasteiger partial charge on any atom is -0.497 e. The Labute approximate surface area is 90.2 Å². The Hall–Kier alpha value is -1.66. The molecule has 0 atom stereocenters. The van der Waals surface area contributed by atoms with Crippen molar-refractivity contribution in [2.45, 2.75) is 13.5 Å². The summed E-state index contributed by atoms with van der Waals surface area (Å²) in [6.45, 7) is 2.59. The van der Waals surface area contributed by atoms with E-state index in [-0.39, 0.29) is 0 Å². The zero-order chi connectivity index (χ0) is 11.1. The van der Waals surface area contributed by atoms with E-state index in [1.165, 1.54) is 0 Å². The summed E-state index contributed by atoms with van der Waals surface area (Å²) in [5.74, 6) is 7.09. The molecule has 3 nitrogen and oxygen atoms in total. The summed E-state index contributed by atoms with van der Waals surface area (Å²) in [5, 5.41) is 0. The van der Waals surface area contributed by atoms with Gasteiger partial charge >= 0.3 is 0 Å². The van der Waals surface area contributed by atoms with Gasteiger partial charge < -0.3 is 15.2 Å². The van der Waals surface area contributed by atoms with Gasteiger partial charge in [0.05, 0.1) is 7.11 Å². The van der Waals surface area contributed by atoms with Crippen molar-refractivity contribution in [2.24, 2.45) is 5.73 Å². The Morgan fingerprint density at radius 3 is 2.80 bits per heavy atom. The normalized spacial score (nSPS) is 9.00. The smallest absolute Gasteiger partial charge is 0.149 e. The van der Waals surface area contributed by atoms with Crippen molar-refractivity contribution in [2.75, 3.05) is 13.7 Å². The van der Waals surface area contributed by atoms with Gasteiger partial charge in [-0.25, -0.2) is 0 Å². The van der Waals surface area contributed by atoms with Gasteiger partial charge in [-0.1, -0.05) is 12.0 Å². The summed E-state index contributed by atoms with van der Waals surface area (Å²) in [7, 11) is 1.62. The number of nitrogens with two attached hydrogens (primary N) is 1. The Kier molecular flexibility index (Phi) is 4.52. The molecule has 0 saturated heterocycles. The van der Waals surface area contributed by atoms with Crippen molar-refractivity contribution in [1.82, 2.24) is 0 Å². The molecule has 0 aliphatic carbocycles. The summed E-state index contributed by atoms with van der Waals surface area (Å²) < 4.78 is 10.6. The van der Waals surface area contributed by atoms with Crippen LogP contribution in [0.5, 0.6) is 11.5 Å². The highest BCUT2D eigenvalue weighted by Crippen LogP contribution is 2.24. The van der Waals surface area contributed by atoms with E-state index in [9.17, 15) is 0 Å². The van der Waals surface area contributed by atoms with Gasteiger partial charge in [0.1, 0.15) is 18.1 Å². The molecule has 2 N–H and O–H groups in total. The van der Waals surface area contributed by atoms with E-state index in [0.717, 1.165) is 17.1 Å². The maximum atomic E-state index is 5.59. The van der Waals surface area contributed by atoms with Crippen LogP contribution in [-0.2, 0) is 6.54 Å². The van der Waals surface area contributed by atoms with Gasteiger partial charge in [0.2, 0.25) is 0 Å². The van der Waals surface area contributed by atoms with Crippen molar-refractivity contribution in [3.8, 4) is 23.3 Å². The molecule has 0 aliphatic rings. The van der Waals surface area contributed by atoms with Crippen LogP contribution in [0.4, 0.5) is 0 Å². The monoisotopic (exact) mass is 205 g/mol. The van der Waals surface area contributed by atoms with Crippen LogP contribution in [0.25, 0.3) is 0 Å². The van der Waals surface area contributed by atoms with E-state index in [1.807, 2.05) is 18.2 Å². The van der Waals surface area contributed by atoms with Gasteiger partial charge in [-0.05, 0) is 13.0 Å². The van der Waals surface area contributed by atoms with E-state index in [1.54, 1.807) is 14.0 Å². The van der Waals surface area contributed by atoms with Crippen molar-refractivity contribution in [1.29, 1.82) is 0 Å². The van der Waals surface area contributed by atoms with Crippen LogP contribution in [0.2, 0.25) is 0 Å². The molecule has 80 valence electrons. The van der Waals surface area contributed by atoms with Crippen molar-refractivity contribution < 1.29 is 9.47 Å². The van der Waals surface area contributed by atoms with Gasteiger partial charge in [0.25, 0.3) is 0 Å². The molecular formula is C12H15NO2. The molecule has 0 fully saturated rings. The molecule has 0 heterocycles. The minimum atomic E-state index is 0.372. The SMILES string of the molecule is CC#CCOc1cc(OC)ccc1CN. The third-order valence-electron chi connectivity index (χ3n) is 1.97. The van der Waals surface area contributed by atoms with Gasteiger partial charge in [0.15, 0.2) is 0 Å². The van der Waals surface area contributed by atoms with Crippen LogP contribution in [-0.4, -0.2) is 13.7 Å². The van der Waals surface area contributed by atoms with Gasteiger partial charge in [-0.3, -0.25) is 0 Å². The highest BCUT2D eigenvalue weighted by atomic mass is 16.5. The van der Waals surface area contributed by atoms with E-state index in [4.69, 9.17) is 15.2 Å². The van der Waals surface area contributed by atoms with Crippen LogP contribution < -0.4 is 15.2 Å². The average Bonchev–Trinajstić information content (AvgIpc) is 2.29. The predicted octanol–water partition coefficient (Wildman–Crippen LogP) is 1.56. The number of ether oxygens (including phenoxy) is 2. The third-order valence-corrected chi connectivity index (χ3v) is 1.97. The second-order valence-corrected chi connectivity index (χ2v) is 2.89. The predicted molar refractivity (Wildman–Crippen MR) is 59.8 cm³/mol. The molecule has 0 radical (unpaired) electrons. The zero-order valence-electron chi connectivity index (χ0n) is 9.04. The molecular weight excluding hydrogens is 190 g/mol. The number of rotatable bonds is 4. The van der Waals surface area contributed by atoms with Gasteiger partial charge in [0, 0.05) is 18.2 Å². The molecule has 1 aromatic carbocycles. The van der Waals surface area contributed by atoms with Gasteiger partial charge in [-0.2, -0.15) is 0 Å². The van der Waals surface area contributed by atoms with Crippen LogP contribution >= 0.6 is 0 Å². The first-order valence-electron chi connectivity index (χ1n) is 4.71. The van der Waals surface area contributed by atoms with Crippen molar-refractivity contribution in [3.05, 3.63) is 23.8 Å². The second-order valence-electron chi connectivity index (χ2n) is 2.89. The van der Waals surface area contributed by atoms with Crippen LogP contribution in [0.3, 0.4) is 0 Å². The topological polar surface area (TPSA) is 44.5 Å². The molecule has 0 unspecified atom stereocenters. The van der Waals surface area contributed by atoms with E-state index >= 15 is 0 Å². The lowest BCUT2D eigenvalue weighted by Gasteiger charge is -2.09. The maximum absolute atomic E-state index is 5.59. The zero-order valence-corrected chi connectivity index (χ0v) is 9.04. The first-order valence-corrected chi connectivity index (χ1v) is 4.71. The number of hydrogen-bond acceptors (Lipinski definition) is 3. The molecule has 3 heteroatoms. The Bertz CT molecular complexity index is 377. The molecule has 0 spiro atoms. The fourth-order valence-electron chi connectivity index (χ4n) is 1.15. The fourth-order valence-corrected chi connectivity index (χ4v) is 1.15. The third kappa shape index (κ3) is 3.19. The Balaban J connectivity index is 2.84. The largest absolute Gasteiger partial charge is 0.497 e. The second kappa shape index (κ2) is 5.94. The first-order chi connectivity index (χ1) is 7.31. The standard InChI is InChI=1S/C12H15NO2/c1-3-4-7-15-12-8-11(14-2)6-5-10(12)9-13/h5-6,8H,7,9,13H2,1-2H3. The lowest BCUT2D eigenvalue weighted by atomic mass is 10.2. The van der Waals surface area contributed by atoms with Crippen molar-refractivity contribution >= 4 is 0 Å². The average molecular weight is 205 g/mol. The van der Waals surface area contributed by atoms with E-state index in [0.29, 0.717) is 13.2 Å². The summed E-state index contributed by atoms with van der Waals surface area (Å²) in [4.78, 5) is 0. The van der Waals surface area contributed by atoms with Crippen LogP contribution in [0, 0.1) is 11.8 Å². The van der Waals surface area contributed by atoms with E-state index in [2.05, 4.69) is 11.8 Å². The highest BCUT2D eigenvalue weighted by molar-refractivity contribution is 5.40. The molecule has 0 saturated carbocycles.